The highest BCUT2D eigenvalue weighted by molar-refractivity contribution is 7.18. The Morgan fingerprint density at radius 1 is 1.09 bits per heavy atom. The quantitative estimate of drug-likeness (QED) is 0.549. The van der Waals surface area contributed by atoms with Gasteiger partial charge in [-0.3, -0.25) is 0 Å². The number of rotatable bonds is 3. The normalized spacial score (nSPS) is 11.2. The van der Waals surface area contributed by atoms with Gasteiger partial charge in [0.05, 0.1) is 22.3 Å². The summed E-state index contributed by atoms with van der Waals surface area (Å²) in [5.41, 5.74) is 1.89. The summed E-state index contributed by atoms with van der Waals surface area (Å²) >= 11 is 7.75. The first-order chi connectivity index (χ1) is 11.2. The van der Waals surface area contributed by atoms with Crippen molar-refractivity contribution < 1.29 is 0 Å². The van der Waals surface area contributed by atoms with Crippen LogP contribution in [0.3, 0.4) is 0 Å². The van der Waals surface area contributed by atoms with Crippen molar-refractivity contribution in [1.29, 1.82) is 0 Å². The third-order valence-electron chi connectivity index (χ3n) is 3.65. The van der Waals surface area contributed by atoms with Crippen LogP contribution in [0.25, 0.3) is 21.1 Å². The highest BCUT2D eigenvalue weighted by atomic mass is 35.5. The Labute approximate surface area is 142 Å². The van der Waals surface area contributed by atoms with Crippen LogP contribution in [-0.4, -0.2) is 22.0 Å². The average Bonchev–Trinajstić information content (AvgIpc) is 2.96. The van der Waals surface area contributed by atoms with Gasteiger partial charge in [0.2, 0.25) is 0 Å². The molecular weight excluding hydrogens is 328 g/mol. The van der Waals surface area contributed by atoms with Crippen LogP contribution in [0.1, 0.15) is 5.01 Å². The van der Waals surface area contributed by atoms with Gasteiger partial charge in [0.15, 0.2) is 0 Å². The summed E-state index contributed by atoms with van der Waals surface area (Å²) in [5, 5.41) is 2.73. The molecule has 0 unspecified atom stereocenters. The molecule has 4 nitrogen and oxygen atoms in total. The first-order valence-electron chi connectivity index (χ1n) is 7.16. The first kappa shape index (κ1) is 14.4. The van der Waals surface area contributed by atoms with Crippen molar-refractivity contribution >= 4 is 49.9 Å². The summed E-state index contributed by atoms with van der Waals surface area (Å²) in [4.78, 5) is 15.5. The molecular formula is C17H13ClN4S. The predicted molar refractivity (Wildman–Crippen MR) is 96.3 cm³/mol. The lowest BCUT2D eigenvalue weighted by atomic mass is 10.2. The smallest absolute Gasteiger partial charge is 0.140 e. The van der Waals surface area contributed by atoms with Gasteiger partial charge in [-0.25, -0.2) is 15.0 Å². The number of para-hydroxylation sites is 1. The lowest BCUT2D eigenvalue weighted by molar-refractivity contribution is 0.893. The molecule has 0 saturated heterocycles. The molecule has 2 aromatic heterocycles. The van der Waals surface area contributed by atoms with E-state index in [2.05, 4.69) is 25.9 Å². The molecule has 2 aromatic carbocycles. The van der Waals surface area contributed by atoms with Crippen molar-refractivity contribution in [2.24, 2.45) is 0 Å². The van der Waals surface area contributed by atoms with Crippen molar-refractivity contribution in [3.8, 4) is 0 Å². The van der Waals surface area contributed by atoms with E-state index in [0.717, 1.165) is 27.2 Å². The molecule has 0 radical (unpaired) electrons. The molecule has 0 saturated carbocycles. The van der Waals surface area contributed by atoms with E-state index in [1.807, 2.05) is 43.4 Å². The SMILES string of the molecule is CN(Cc1nc2ccccc2s1)c1ncnc2cc(Cl)ccc12. The van der Waals surface area contributed by atoms with E-state index in [1.54, 1.807) is 17.7 Å². The van der Waals surface area contributed by atoms with Crippen LogP contribution in [0, 0.1) is 0 Å². The van der Waals surface area contributed by atoms with Crippen LogP contribution in [-0.2, 0) is 6.54 Å². The number of hydrogen-bond donors (Lipinski definition) is 0. The number of thiazole rings is 1. The number of fused-ring (bicyclic) bond motifs is 2. The summed E-state index contributed by atoms with van der Waals surface area (Å²) in [6, 6.07) is 13.9. The number of anilines is 1. The molecule has 0 aliphatic rings. The average molecular weight is 341 g/mol. The number of aromatic nitrogens is 3. The Hall–Kier alpha value is -2.24. The molecule has 0 fully saturated rings. The maximum Gasteiger partial charge on any atom is 0.140 e. The largest absolute Gasteiger partial charge is 0.352 e. The van der Waals surface area contributed by atoms with Gasteiger partial charge in [-0.2, -0.15) is 0 Å². The Bertz CT molecular complexity index is 965. The van der Waals surface area contributed by atoms with Gasteiger partial charge in [0.1, 0.15) is 17.2 Å². The van der Waals surface area contributed by atoms with Gasteiger partial charge < -0.3 is 4.90 Å². The van der Waals surface area contributed by atoms with Crippen LogP contribution in [0.4, 0.5) is 5.82 Å². The zero-order chi connectivity index (χ0) is 15.8. The maximum atomic E-state index is 6.04. The first-order valence-corrected chi connectivity index (χ1v) is 8.36. The van der Waals surface area contributed by atoms with E-state index < -0.39 is 0 Å². The second-order valence-electron chi connectivity index (χ2n) is 5.29. The summed E-state index contributed by atoms with van der Waals surface area (Å²) < 4.78 is 1.20. The van der Waals surface area contributed by atoms with Crippen LogP contribution < -0.4 is 4.90 Å². The van der Waals surface area contributed by atoms with Crippen LogP contribution >= 0.6 is 22.9 Å². The van der Waals surface area contributed by atoms with Crippen molar-refractivity contribution in [1.82, 2.24) is 15.0 Å². The third kappa shape index (κ3) is 2.73. The van der Waals surface area contributed by atoms with Crippen molar-refractivity contribution in [3.63, 3.8) is 0 Å². The zero-order valence-corrected chi connectivity index (χ0v) is 14.0. The van der Waals surface area contributed by atoms with Gasteiger partial charge in [0.25, 0.3) is 0 Å². The Balaban J connectivity index is 1.70. The molecule has 4 rings (SSSR count). The number of nitrogens with zero attached hydrogens (tertiary/aromatic N) is 4. The molecule has 23 heavy (non-hydrogen) atoms. The van der Waals surface area contributed by atoms with E-state index in [-0.39, 0.29) is 0 Å². The van der Waals surface area contributed by atoms with Crippen LogP contribution in [0.15, 0.2) is 48.8 Å². The second kappa shape index (κ2) is 5.76. The fourth-order valence-corrected chi connectivity index (χ4v) is 3.77. The minimum Gasteiger partial charge on any atom is -0.352 e. The summed E-state index contributed by atoms with van der Waals surface area (Å²) in [7, 11) is 2.02. The van der Waals surface area contributed by atoms with Crippen molar-refractivity contribution in [3.05, 3.63) is 58.8 Å². The molecule has 0 amide bonds. The maximum absolute atomic E-state index is 6.04. The van der Waals surface area contributed by atoms with Crippen LogP contribution in [0.5, 0.6) is 0 Å². The van der Waals surface area contributed by atoms with Gasteiger partial charge in [-0.15, -0.1) is 11.3 Å². The molecule has 4 aromatic rings. The molecule has 0 N–H and O–H groups in total. The highest BCUT2D eigenvalue weighted by Crippen LogP contribution is 2.27. The van der Waals surface area contributed by atoms with Crippen molar-refractivity contribution in [2.45, 2.75) is 6.54 Å². The lowest BCUT2D eigenvalue weighted by Crippen LogP contribution is -2.18. The third-order valence-corrected chi connectivity index (χ3v) is 4.91. The van der Waals surface area contributed by atoms with E-state index in [9.17, 15) is 0 Å². The predicted octanol–water partition coefficient (Wildman–Crippen LogP) is 4.53. The molecule has 0 bridgehead atoms. The van der Waals surface area contributed by atoms with E-state index >= 15 is 0 Å². The van der Waals surface area contributed by atoms with E-state index in [0.29, 0.717) is 11.6 Å². The van der Waals surface area contributed by atoms with Crippen LogP contribution in [0.2, 0.25) is 5.02 Å². The fraction of sp³-hybridized carbons (Fsp3) is 0.118. The standard InChI is InChI=1S/C17H13ClN4S/c1-22(9-16-21-13-4-2-3-5-15(13)23-16)17-12-7-6-11(18)8-14(12)19-10-20-17/h2-8,10H,9H2,1H3. The zero-order valence-electron chi connectivity index (χ0n) is 12.4. The van der Waals surface area contributed by atoms with Gasteiger partial charge >= 0.3 is 0 Å². The molecule has 0 spiro atoms. The number of benzene rings is 2. The van der Waals surface area contributed by atoms with E-state index in [1.165, 1.54) is 4.70 Å². The highest BCUT2D eigenvalue weighted by Gasteiger charge is 2.12. The minimum atomic E-state index is 0.677. The monoisotopic (exact) mass is 340 g/mol. The summed E-state index contributed by atoms with van der Waals surface area (Å²) in [5.74, 6) is 0.880. The molecule has 0 aliphatic heterocycles. The molecule has 0 atom stereocenters. The topological polar surface area (TPSA) is 41.9 Å². The molecule has 0 aliphatic carbocycles. The second-order valence-corrected chi connectivity index (χ2v) is 6.84. The molecule has 6 heteroatoms. The van der Waals surface area contributed by atoms with E-state index in [4.69, 9.17) is 11.6 Å². The molecule has 2 heterocycles. The van der Waals surface area contributed by atoms with Gasteiger partial charge in [-0.1, -0.05) is 23.7 Å². The summed E-state index contributed by atoms with van der Waals surface area (Å²) in [6.45, 7) is 0.702. The van der Waals surface area contributed by atoms with Crippen molar-refractivity contribution in [2.75, 3.05) is 11.9 Å². The Morgan fingerprint density at radius 3 is 2.83 bits per heavy atom. The lowest BCUT2D eigenvalue weighted by Gasteiger charge is -2.18. The Kier molecular flexibility index (Phi) is 3.59. The number of halogens is 1. The summed E-state index contributed by atoms with van der Waals surface area (Å²) in [6.07, 6.45) is 1.57. The van der Waals surface area contributed by atoms with Gasteiger partial charge in [-0.05, 0) is 30.3 Å². The molecule has 114 valence electrons. The Morgan fingerprint density at radius 2 is 1.96 bits per heavy atom. The fourth-order valence-electron chi connectivity index (χ4n) is 2.59. The minimum absolute atomic E-state index is 0.677. The van der Waals surface area contributed by atoms with Gasteiger partial charge in [0, 0.05) is 17.5 Å². The number of hydrogen-bond acceptors (Lipinski definition) is 5.